The van der Waals surface area contributed by atoms with Crippen molar-refractivity contribution in [2.75, 3.05) is 0 Å². The molecule has 0 amide bonds. The zero-order valence-corrected chi connectivity index (χ0v) is 11.2. The topological polar surface area (TPSA) is 17.1 Å². The monoisotopic (exact) mass is 238 g/mol. The van der Waals surface area contributed by atoms with E-state index in [0.29, 0.717) is 0 Å². The fourth-order valence-electron chi connectivity index (χ4n) is 2.25. The van der Waals surface area contributed by atoms with Crippen molar-refractivity contribution in [1.82, 2.24) is 0 Å². The first-order chi connectivity index (χ1) is 8.65. The molecule has 0 radical (unpaired) electrons. The second-order valence-corrected chi connectivity index (χ2v) is 4.57. The van der Waals surface area contributed by atoms with Gasteiger partial charge in [0.15, 0.2) is 5.78 Å². The fourth-order valence-corrected chi connectivity index (χ4v) is 2.25. The number of rotatable bonds is 3. The van der Waals surface area contributed by atoms with Gasteiger partial charge in [-0.15, -0.1) is 0 Å². The Labute approximate surface area is 108 Å². The van der Waals surface area contributed by atoms with Crippen molar-refractivity contribution < 1.29 is 4.79 Å². The minimum atomic E-state index is 0.110. The molecule has 1 heteroatoms. The van der Waals surface area contributed by atoms with Crippen molar-refractivity contribution in [3.05, 3.63) is 70.3 Å². The first-order valence-electron chi connectivity index (χ1n) is 6.34. The molecule has 0 bridgehead atoms. The third kappa shape index (κ3) is 2.21. The van der Waals surface area contributed by atoms with Gasteiger partial charge in [0.05, 0.1) is 0 Å². The maximum atomic E-state index is 12.4. The fraction of sp³-hybridized carbons (Fsp3) is 0.235. The summed E-state index contributed by atoms with van der Waals surface area (Å²) in [6.07, 6.45) is 1.01. The molecule has 0 saturated heterocycles. The van der Waals surface area contributed by atoms with Crippen LogP contribution in [0.5, 0.6) is 0 Å². The Morgan fingerprint density at radius 2 is 1.61 bits per heavy atom. The third-order valence-electron chi connectivity index (χ3n) is 3.56. The number of carbonyl (C=O) groups excluding carboxylic acids is 1. The molecule has 0 aliphatic carbocycles. The molecule has 0 fully saturated rings. The van der Waals surface area contributed by atoms with E-state index < -0.39 is 0 Å². The van der Waals surface area contributed by atoms with E-state index in [1.165, 1.54) is 11.1 Å². The molecule has 0 saturated carbocycles. The Kier molecular flexibility index (Phi) is 3.61. The molecule has 2 rings (SSSR count). The van der Waals surface area contributed by atoms with Crippen LogP contribution in [0.3, 0.4) is 0 Å². The van der Waals surface area contributed by atoms with Crippen molar-refractivity contribution >= 4 is 5.78 Å². The van der Waals surface area contributed by atoms with Gasteiger partial charge in [0.1, 0.15) is 0 Å². The van der Waals surface area contributed by atoms with Crippen LogP contribution in [-0.4, -0.2) is 5.78 Å². The number of hydrogen-bond donors (Lipinski definition) is 0. The molecule has 0 aliphatic heterocycles. The molecule has 0 spiro atoms. The molecule has 92 valence electrons. The maximum absolute atomic E-state index is 12.4. The van der Waals surface area contributed by atoms with Gasteiger partial charge in [0.2, 0.25) is 0 Å². The summed E-state index contributed by atoms with van der Waals surface area (Å²) in [6, 6.07) is 13.5. The Morgan fingerprint density at radius 1 is 0.944 bits per heavy atom. The average Bonchev–Trinajstić information content (AvgIpc) is 2.42. The van der Waals surface area contributed by atoms with Crippen molar-refractivity contribution in [2.24, 2.45) is 0 Å². The standard InChI is InChI=1S/C17H18O/c1-4-14-10-11-16(13(3)12(14)2)17(18)15-8-6-5-7-9-15/h5-11H,4H2,1-3H3. The van der Waals surface area contributed by atoms with Gasteiger partial charge in [0, 0.05) is 11.1 Å². The van der Waals surface area contributed by atoms with Crippen LogP contribution in [0, 0.1) is 13.8 Å². The Morgan fingerprint density at radius 3 is 2.22 bits per heavy atom. The number of hydrogen-bond acceptors (Lipinski definition) is 1. The third-order valence-corrected chi connectivity index (χ3v) is 3.56. The van der Waals surface area contributed by atoms with Crippen LogP contribution in [0.25, 0.3) is 0 Å². The van der Waals surface area contributed by atoms with Crippen LogP contribution < -0.4 is 0 Å². The van der Waals surface area contributed by atoms with Crippen LogP contribution in [0.1, 0.15) is 39.5 Å². The normalized spacial score (nSPS) is 10.4. The molecule has 18 heavy (non-hydrogen) atoms. The lowest BCUT2D eigenvalue weighted by molar-refractivity contribution is 0.103. The lowest BCUT2D eigenvalue weighted by Crippen LogP contribution is -2.06. The van der Waals surface area contributed by atoms with Crippen molar-refractivity contribution in [3.8, 4) is 0 Å². The zero-order chi connectivity index (χ0) is 13.1. The van der Waals surface area contributed by atoms with Gasteiger partial charge in [-0.1, -0.05) is 49.4 Å². The van der Waals surface area contributed by atoms with E-state index in [4.69, 9.17) is 0 Å². The summed E-state index contributed by atoms with van der Waals surface area (Å²) in [5.41, 5.74) is 5.22. The molecular weight excluding hydrogens is 220 g/mol. The number of aryl methyl sites for hydroxylation is 1. The van der Waals surface area contributed by atoms with E-state index in [9.17, 15) is 4.79 Å². The molecular formula is C17H18O. The summed E-state index contributed by atoms with van der Waals surface area (Å²) >= 11 is 0. The lowest BCUT2D eigenvalue weighted by atomic mass is 9.92. The van der Waals surface area contributed by atoms with Crippen LogP contribution in [0.2, 0.25) is 0 Å². The maximum Gasteiger partial charge on any atom is 0.193 e. The molecule has 0 heterocycles. The molecule has 0 aromatic heterocycles. The number of carbonyl (C=O) groups is 1. The molecule has 1 nitrogen and oxygen atoms in total. The van der Waals surface area contributed by atoms with E-state index in [2.05, 4.69) is 19.9 Å². The van der Waals surface area contributed by atoms with Gasteiger partial charge in [0.25, 0.3) is 0 Å². The van der Waals surface area contributed by atoms with Gasteiger partial charge < -0.3 is 0 Å². The van der Waals surface area contributed by atoms with Crippen LogP contribution >= 0.6 is 0 Å². The average molecular weight is 238 g/mol. The van der Waals surface area contributed by atoms with Gasteiger partial charge in [-0.05, 0) is 37.0 Å². The molecule has 0 atom stereocenters. The highest BCUT2D eigenvalue weighted by atomic mass is 16.1. The molecule has 0 unspecified atom stereocenters. The van der Waals surface area contributed by atoms with Gasteiger partial charge in [-0.25, -0.2) is 0 Å². The second kappa shape index (κ2) is 5.18. The summed E-state index contributed by atoms with van der Waals surface area (Å²) in [5.74, 6) is 0.110. The quantitative estimate of drug-likeness (QED) is 0.736. The van der Waals surface area contributed by atoms with Crippen LogP contribution in [-0.2, 0) is 6.42 Å². The van der Waals surface area contributed by atoms with Gasteiger partial charge in [-0.3, -0.25) is 4.79 Å². The van der Waals surface area contributed by atoms with Crippen molar-refractivity contribution in [3.63, 3.8) is 0 Å². The van der Waals surface area contributed by atoms with Crippen LogP contribution in [0.15, 0.2) is 42.5 Å². The van der Waals surface area contributed by atoms with E-state index in [1.807, 2.05) is 43.3 Å². The predicted molar refractivity (Wildman–Crippen MR) is 75.2 cm³/mol. The molecule has 0 aliphatic rings. The number of benzene rings is 2. The Bertz CT molecular complexity index is 568. The minimum Gasteiger partial charge on any atom is -0.289 e. The van der Waals surface area contributed by atoms with E-state index in [1.54, 1.807) is 0 Å². The van der Waals surface area contributed by atoms with Gasteiger partial charge >= 0.3 is 0 Å². The molecule has 0 N–H and O–H groups in total. The van der Waals surface area contributed by atoms with E-state index in [0.717, 1.165) is 23.1 Å². The van der Waals surface area contributed by atoms with E-state index in [-0.39, 0.29) is 5.78 Å². The summed E-state index contributed by atoms with van der Waals surface area (Å²) in [5, 5.41) is 0. The van der Waals surface area contributed by atoms with Crippen molar-refractivity contribution in [1.29, 1.82) is 0 Å². The van der Waals surface area contributed by atoms with E-state index >= 15 is 0 Å². The number of ketones is 1. The molecule has 2 aromatic carbocycles. The first-order valence-corrected chi connectivity index (χ1v) is 6.34. The summed E-state index contributed by atoms with van der Waals surface area (Å²) in [7, 11) is 0. The summed E-state index contributed by atoms with van der Waals surface area (Å²) in [6.45, 7) is 6.26. The highest BCUT2D eigenvalue weighted by Gasteiger charge is 2.13. The first kappa shape index (κ1) is 12.6. The van der Waals surface area contributed by atoms with Crippen molar-refractivity contribution in [2.45, 2.75) is 27.2 Å². The highest BCUT2D eigenvalue weighted by molar-refractivity contribution is 6.10. The van der Waals surface area contributed by atoms with Gasteiger partial charge in [-0.2, -0.15) is 0 Å². The zero-order valence-electron chi connectivity index (χ0n) is 11.2. The SMILES string of the molecule is CCc1ccc(C(=O)c2ccccc2)c(C)c1C. The highest BCUT2D eigenvalue weighted by Crippen LogP contribution is 2.21. The summed E-state index contributed by atoms with van der Waals surface area (Å²) in [4.78, 5) is 12.4. The van der Waals surface area contributed by atoms with Crippen LogP contribution in [0.4, 0.5) is 0 Å². The Hall–Kier alpha value is -1.89. The summed E-state index contributed by atoms with van der Waals surface area (Å²) < 4.78 is 0. The largest absolute Gasteiger partial charge is 0.289 e. The molecule has 2 aromatic rings. The lowest BCUT2D eigenvalue weighted by Gasteiger charge is -2.11. The minimum absolute atomic E-state index is 0.110. The predicted octanol–water partition coefficient (Wildman–Crippen LogP) is 4.10. The second-order valence-electron chi connectivity index (χ2n) is 4.57. The Balaban J connectivity index is 2.47. The smallest absolute Gasteiger partial charge is 0.193 e.